The topological polar surface area (TPSA) is 93.0 Å². The molecule has 0 atom stereocenters. The van der Waals surface area contributed by atoms with E-state index in [1.807, 2.05) is 0 Å². The Labute approximate surface area is 182 Å². The van der Waals surface area contributed by atoms with Gasteiger partial charge in [0.1, 0.15) is 16.7 Å². The number of nitrogens with zero attached hydrogens (tertiary/aromatic N) is 1. The summed E-state index contributed by atoms with van der Waals surface area (Å²) in [6.07, 6.45) is 2.31. The molecule has 1 aromatic heterocycles. The van der Waals surface area contributed by atoms with E-state index in [-0.39, 0.29) is 33.7 Å². The number of halogens is 3. The summed E-state index contributed by atoms with van der Waals surface area (Å²) < 4.78 is 20.7. The SMILES string of the molecule is C=CCc1cc(N)cc(Oc2c(Cl)ccc(CNC(=O)c3nc(C)[nH]c3Cl)c2F)c1. The van der Waals surface area contributed by atoms with Crippen molar-refractivity contribution in [3.63, 3.8) is 0 Å². The third-order valence-electron chi connectivity index (χ3n) is 4.15. The van der Waals surface area contributed by atoms with E-state index in [9.17, 15) is 4.79 Å². The van der Waals surface area contributed by atoms with Crippen LogP contribution in [0.3, 0.4) is 0 Å². The molecule has 3 rings (SSSR count). The molecule has 0 fully saturated rings. The van der Waals surface area contributed by atoms with Gasteiger partial charge in [0.15, 0.2) is 17.3 Å². The molecule has 0 bridgehead atoms. The predicted octanol–water partition coefficient (Wildman–Crippen LogP) is 5.20. The van der Waals surface area contributed by atoms with Crippen LogP contribution in [-0.2, 0) is 13.0 Å². The van der Waals surface area contributed by atoms with Crippen molar-refractivity contribution in [2.45, 2.75) is 19.9 Å². The molecule has 0 aliphatic heterocycles. The highest BCUT2D eigenvalue weighted by molar-refractivity contribution is 6.32. The van der Waals surface area contributed by atoms with Crippen LogP contribution in [0, 0.1) is 12.7 Å². The second-order valence-corrected chi connectivity index (χ2v) is 7.31. The quantitative estimate of drug-likeness (QED) is 0.342. The zero-order valence-electron chi connectivity index (χ0n) is 16.1. The minimum atomic E-state index is -0.695. The number of carbonyl (C=O) groups excluding carboxylic acids is 1. The molecule has 0 saturated heterocycles. The number of anilines is 1. The van der Waals surface area contributed by atoms with Crippen molar-refractivity contribution in [2.24, 2.45) is 0 Å². The van der Waals surface area contributed by atoms with Crippen LogP contribution in [-0.4, -0.2) is 15.9 Å². The Morgan fingerprint density at radius 2 is 2.13 bits per heavy atom. The Bertz CT molecular complexity index is 1110. The molecule has 0 spiro atoms. The van der Waals surface area contributed by atoms with Gasteiger partial charge in [0, 0.05) is 23.9 Å². The zero-order chi connectivity index (χ0) is 21.8. The summed E-state index contributed by atoms with van der Waals surface area (Å²) in [7, 11) is 0. The number of hydrogen-bond donors (Lipinski definition) is 3. The number of rotatable bonds is 7. The van der Waals surface area contributed by atoms with Gasteiger partial charge in [-0.2, -0.15) is 0 Å². The first-order valence-electron chi connectivity index (χ1n) is 8.94. The Hall–Kier alpha value is -3.03. The number of carbonyl (C=O) groups is 1. The van der Waals surface area contributed by atoms with Gasteiger partial charge in [-0.3, -0.25) is 4.79 Å². The largest absolute Gasteiger partial charge is 0.453 e. The minimum Gasteiger partial charge on any atom is -0.453 e. The first-order chi connectivity index (χ1) is 14.3. The Morgan fingerprint density at radius 1 is 1.37 bits per heavy atom. The van der Waals surface area contributed by atoms with E-state index in [1.54, 1.807) is 31.2 Å². The van der Waals surface area contributed by atoms with Gasteiger partial charge in [-0.25, -0.2) is 9.37 Å². The average molecular weight is 449 g/mol. The monoisotopic (exact) mass is 448 g/mol. The number of benzene rings is 2. The van der Waals surface area contributed by atoms with E-state index in [0.717, 1.165) is 5.56 Å². The minimum absolute atomic E-state index is 0.0366. The average Bonchev–Trinajstić information content (AvgIpc) is 3.02. The number of hydrogen-bond acceptors (Lipinski definition) is 4. The summed E-state index contributed by atoms with van der Waals surface area (Å²) >= 11 is 12.1. The van der Waals surface area contributed by atoms with Crippen LogP contribution in [0.4, 0.5) is 10.1 Å². The molecule has 0 aliphatic rings. The van der Waals surface area contributed by atoms with E-state index in [1.165, 1.54) is 12.1 Å². The van der Waals surface area contributed by atoms with Crippen molar-refractivity contribution in [3.8, 4) is 11.5 Å². The molecular formula is C21H19Cl2FN4O2. The van der Waals surface area contributed by atoms with E-state index >= 15 is 4.39 Å². The summed E-state index contributed by atoms with van der Waals surface area (Å²) in [4.78, 5) is 19.0. The fraction of sp³-hybridized carbons (Fsp3) is 0.143. The number of ether oxygens (including phenoxy) is 1. The number of nitrogens with one attached hydrogen (secondary N) is 2. The predicted molar refractivity (Wildman–Crippen MR) is 116 cm³/mol. The lowest BCUT2D eigenvalue weighted by Crippen LogP contribution is -2.24. The van der Waals surface area contributed by atoms with Gasteiger partial charge >= 0.3 is 0 Å². The molecule has 0 radical (unpaired) electrons. The van der Waals surface area contributed by atoms with Gasteiger partial charge < -0.3 is 20.8 Å². The van der Waals surface area contributed by atoms with Crippen molar-refractivity contribution >= 4 is 34.8 Å². The Morgan fingerprint density at radius 3 is 2.80 bits per heavy atom. The summed E-state index contributed by atoms with van der Waals surface area (Å²) in [6.45, 7) is 5.25. The lowest BCUT2D eigenvalue weighted by molar-refractivity contribution is 0.0946. The number of aromatic nitrogens is 2. The number of nitrogen functional groups attached to an aromatic ring is 1. The highest BCUT2D eigenvalue weighted by Crippen LogP contribution is 2.35. The number of allylic oxidation sites excluding steroid dienone is 1. The number of aryl methyl sites for hydroxylation is 1. The third-order valence-corrected chi connectivity index (χ3v) is 4.72. The van der Waals surface area contributed by atoms with Gasteiger partial charge in [0.25, 0.3) is 5.91 Å². The zero-order valence-corrected chi connectivity index (χ0v) is 17.6. The maximum Gasteiger partial charge on any atom is 0.273 e. The van der Waals surface area contributed by atoms with Crippen molar-refractivity contribution in [1.82, 2.24) is 15.3 Å². The highest BCUT2D eigenvalue weighted by Gasteiger charge is 2.18. The van der Waals surface area contributed by atoms with Crippen molar-refractivity contribution in [2.75, 3.05) is 5.73 Å². The van der Waals surface area contributed by atoms with Crippen molar-refractivity contribution < 1.29 is 13.9 Å². The molecule has 1 amide bonds. The molecule has 2 aromatic carbocycles. The lowest BCUT2D eigenvalue weighted by atomic mass is 10.1. The van der Waals surface area contributed by atoms with Crippen LogP contribution in [0.5, 0.6) is 11.5 Å². The molecule has 4 N–H and O–H groups in total. The molecule has 156 valence electrons. The number of H-pyrrole nitrogens is 1. The van der Waals surface area contributed by atoms with E-state index < -0.39 is 11.7 Å². The summed E-state index contributed by atoms with van der Waals surface area (Å²) in [5.41, 5.74) is 7.44. The van der Waals surface area contributed by atoms with Gasteiger partial charge in [-0.05, 0) is 37.1 Å². The lowest BCUT2D eigenvalue weighted by Gasteiger charge is -2.13. The number of amides is 1. The Balaban J connectivity index is 1.81. The fourth-order valence-electron chi connectivity index (χ4n) is 2.82. The van der Waals surface area contributed by atoms with Crippen LogP contribution in [0.25, 0.3) is 0 Å². The van der Waals surface area contributed by atoms with Crippen LogP contribution >= 0.6 is 23.2 Å². The molecule has 6 nitrogen and oxygen atoms in total. The fourth-order valence-corrected chi connectivity index (χ4v) is 3.27. The second kappa shape index (κ2) is 9.19. The van der Waals surface area contributed by atoms with Crippen LogP contribution in [0.1, 0.15) is 27.4 Å². The smallest absolute Gasteiger partial charge is 0.273 e. The van der Waals surface area contributed by atoms with Crippen molar-refractivity contribution in [1.29, 1.82) is 0 Å². The molecule has 3 aromatic rings. The van der Waals surface area contributed by atoms with Crippen LogP contribution in [0.2, 0.25) is 10.2 Å². The second-order valence-electron chi connectivity index (χ2n) is 6.52. The Kier molecular flexibility index (Phi) is 6.64. The molecular weight excluding hydrogens is 430 g/mol. The first kappa shape index (κ1) is 21.7. The molecule has 1 heterocycles. The van der Waals surface area contributed by atoms with E-state index in [0.29, 0.717) is 23.7 Å². The summed E-state index contributed by atoms with van der Waals surface area (Å²) in [5.74, 6) is -0.554. The standard InChI is InChI=1S/C21H19Cl2FN4O2/c1-3-4-12-7-14(25)9-15(8-12)30-19-16(22)6-5-13(17(19)24)10-26-21(29)18-20(23)28-11(2)27-18/h3,5-9H,1,4,10,25H2,2H3,(H,26,29)(H,27,28). The first-order valence-corrected chi connectivity index (χ1v) is 9.69. The normalized spacial score (nSPS) is 10.7. The number of imidazole rings is 1. The van der Waals surface area contributed by atoms with Gasteiger partial charge in [-0.15, -0.1) is 6.58 Å². The maximum absolute atomic E-state index is 15.0. The summed E-state index contributed by atoms with van der Waals surface area (Å²) in [5, 5.41) is 2.78. The molecule has 0 unspecified atom stereocenters. The third kappa shape index (κ3) is 4.93. The summed E-state index contributed by atoms with van der Waals surface area (Å²) in [6, 6.07) is 8.03. The number of aromatic amines is 1. The molecule has 0 saturated carbocycles. The van der Waals surface area contributed by atoms with Gasteiger partial charge in [-0.1, -0.05) is 35.3 Å². The number of nitrogens with two attached hydrogens (primary N) is 1. The molecule has 9 heteroatoms. The van der Waals surface area contributed by atoms with Gasteiger partial charge in [0.05, 0.1) is 5.02 Å². The molecule has 0 aliphatic carbocycles. The van der Waals surface area contributed by atoms with Crippen LogP contribution in [0.15, 0.2) is 43.0 Å². The van der Waals surface area contributed by atoms with Gasteiger partial charge in [0.2, 0.25) is 0 Å². The van der Waals surface area contributed by atoms with E-state index in [4.69, 9.17) is 33.7 Å². The maximum atomic E-state index is 15.0. The highest BCUT2D eigenvalue weighted by atomic mass is 35.5. The van der Waals surface area contributed by atoms with Crippen LogP contribution < -0.4 is 15.8 Å². The molecule has 30 heavy (non-hydrogen) atoms. The van der Waals surface area contributed by atoms with Crippen molar-refractivity contribution in [3.05, 3.63) is 81.6 Å². The van der Waals surface area contributed by atoms with E-state index in [2.05, 4.69) is 21.9 Å².